The van der Waals surface area contributed by atoms with Crippen LogP contribution in [0.25, 0.3) is 0 Å². The summed E-state index contributed by atoms with van der Waals surface area (Å²) >= 11 is 0. The monoisotopic (exact) mass is 429 g/mol. The van der Waals surface area contributed by atoms with Crippen LogP contribution in [-0.2, 0) is 17.8 Å². The third kappa shape index (κ3) is 5.17. The molecule has 0 bridgehead atoms. The van der Waals surface area contributed by atoms with Gasteiger partial charge in [-0.15, -0.1) is 0 Å². The van der Waals surface area contributed by atoms with Crippen molar-refractivity contribution in [1.82, 2.24) is 25.2 Å². The summed E-state index contributed by atoms with van der Waals surface area (Å²) in [5.41, 5.74) is 2.85. The van der Waals surface area contributed by atoms with Crippen LogP contribution in [0.2, 0.25) is 0 Å². The maximum Gasteiger partial charge on any atom is 0.254 e. The average Bonchev–Trinajstić information content (AvgIpc) is 2.84. The van der Waals surface area contributed by atoms with Crippen LogP contribution < -0.4 is 5.32 Å². The fraction of sp³-hybridized carbons (Fsp3) is 0.320. The molecule has 1 fully saturated rings. The van der Waals surface area contributed by atoms with Crippen molar-refractivity contribution in [3.05, 3.63) is 89.3 Å². The standard InChI is InChI=1S/C25H27N5O2/c1-18-21(25(32)28-16-19-9-3-2-4-10-19)17-27-24(29-18)22-12-6-8-14-30(22)23(31)15-20-11-5-7-13-26-20/h2-5,7,9-11,13,17,22H,6,8,12,14-16H2,1H3,(H,28,32)/t22-/m1/s1. The molecule has 1 aliphatic rings. The summed E-state index contributed by atoms with van der Waals surface area (Å²) in [6.45, 7) is 2.93. The molecule has 0 spiro atoms. The molecule has 32 heavy (non-hydrogen) atoms. The van der Waals surface area contributed by atoms with Gasteiger partial charge in [0.1, 0.15) is 0 Å². The van der Waals surface area contributed by atoms with E-state index < -0.39 is 0 Å². The largest absolute Gasteiger partial charge is 0.348 e. The maximum absolute atomic E-state index is 13.0. The molecule has 1 N–H and O–H groups in total. The molecule has 1 aliphatic heterocycles. The first kappa shape index (κ1) is 21.6. The van der Waals surface area contributed by atoms with Gasteiger partial charge in [0.05, 0.1) is 23.7 Å². The highest BCUT2D eigenvalue weighted by Gasteiger charge is 2.30. The Morgan fingerprint density at radius 3 is 2.62 bits per heavy atom. The van der Waals surface area contributed by atoms with E-state index >= 15 is 0 Å². The van der Waals surface area contributed by atoms with E-state index in [1.54, 1.807) is 12.4 Å². The van der Waals surface area contributed by atoms with E-state index in [0.717, 1.165) is 30.5 Å². The average molecular weight is 430 g/mol. The van der Waals surface area contributed by atoms with Crippen molar-refractivity contribution in [2.75, 3.05) is 6.54 Å². The van der Waals surface area contributed by atoms with Crippen LogP contribution in [0.15, 0.2) is 60.9 Å². The number of nitrogens with zero attached hydrogens (tertiary/aromatic N) is 4. The lowest BCUT2D eigenvalue weighted by molar-refractivity contribution is -0.134. The van der Waals surface area contributed by atoms with Gasteiger partial charge in [0, 0.05) is 31.2 Å². The van der Waals surface area contributed by atoms with Crippen LogP contribution in [0.1, 0.15) is 58.4 Å². The summed E-state index contributed by atoms with van der Waals surface area (Å²) in [6, 6.07) is 15.2. The first-order chi connectivity index (χ1) is 15.6. The van der Waals surface area contributed by atoms with Gasteiger partial charge in [-0.25, -0.2) is 9.97 Å². The Bertz CT molecular complexity index is 1070. The lowest BCUT2D eigenvalue weighted by Crippen LogP contribution is -2.40. The van der Waals surface area contributed by atoms with Gasteiger partial charge in [0.15, 0.2) is 5.82 Å². The van der Waals surface area contributed by atoms with Crippen molar-refractivity contribution in [2.24, 2.45) is 0 Å². The number of amides is 2. The Kier molecular flexibility index (Phi) is 6.84. The lowest BCUT2D eigenvalue weighted by Gasteiger charge is -2.35. The highest BCUT2D eigenvalue weighted by Crippen LogP contribution is 2.29. The van der Waals surface area contributed by atoms with Crippen LogP contribution in [0.4, 0.5) is 0 Å². The number of carbonyl (C=O) groups excluding carboxylic acids is 2. The second-order valence-corrected chi connectivity index (χ2v) is 7.99. The molecule has 1 aromatic carbocycles. The Labute approximate surface area is 187 Å². The van der Waals surface area contributed by atoms with Crippen molar-refractivity contribution in [3.63, 3.8) is 0 Å². The SMILES string of the molecule is Cc1nc([C@H]2CCCCN2C(=O)Cc2ccccn2)ncc1C(=O)NCc1ccccc1. The third-order valence-electron chi connectivity index (χ3n) is 5.72. The zero-order valence-electron chi connectivity index (χ0n) is 18.2. The van der Waals surface area contributed by atoms with E-state index in [-0.39, 0.29) is 24.3 Å². The highest BCUT2D eigenvalue weighted by molar-refractivity contribution is 5.94. The molecule has 7 heteroatoms. The number of piperidine rings is 1. The van der Waals surface area contributed by atoms with Crippen molar-refractivity contribution in [3.8, 4) is 0 Å². The molecule has 3 heterocycles. The number of hydrogen-bond acceptors (Lipinski definition) is 5. The number of carbonyl (C=O) groups is 2. The minimum Gasteiger partial charge on any atom is -0.348 e. The van der Waals surface area contributed by atoms with Gasteiger partial charge in [-0.2, -0.15) is 0 Å². The van der Waals surface area contributed by atoms with E-state index in [4.69, 9.17) is 0 Å². The Hall–Kier alpha value is -3.61. The smallest absolute Gasteiger partial charge is 0.254 e. The summed E-state index contributed by atoms with van der Waals surface area (Å²) in [6.07, 6.45) is 6.32. The van der Waals surface area contributed by atoms with Crippen molar-refractivity contribution in [2.45, 2.75) is 45.2 Å². The number of benzene rings is 1. The Morgan fingerprint density at radius 2 is 1.88 bits per heavy atom. The molecule has 0 radical (unpaired) electrons. The first-order valence-corrected chi connectivity index (χ1v) is 11.0. The summed E-state index contributed by atoms with van der Waals surface area (Å²) in [4.78, 5) is 40.9. The van der Waals surface area contributed by atoms with Crippen molar-refractivity contribution < 1.29 is 9.59 Å². The Balaban J connectivity index is 1.46. The van der Waals surface area contributed by atoms with E-state index in [2.05, 4.69) is 20.3 Å². The molecule has 1 saturated heterocycles. The summed E-state index contributed by atoms with van der Waals surface area (Å²) in [7, 11) is 0. The number of hydrogen-bond donors (Lipinski definition) is 1. The van der Waals surface area contributed by atoms with Gasteiger partial charge in [0.2, 0.25) is 5.91 Å². The fourth-order valence-electron chi connectivity index (χ4n) is 4.00. The summed E-state index contributed by atoms with van der Waals surface area (Å²) in [5, 5.41) is 2.92. The summed E-state index contributed by atoms with van der Waals surface area (Å²) in [5.74, 6) is 0.417. The van der Waals surface area contributed by atoms with Gasteiger partial charge in [-0.3, -0.25) is 14.6 Å². The summed E-state index contributed by atoms with van der Waals surface area (Å²) < 4.78 is 0. The van der Waals surface area contributed by atoms with Gasteiger partial charge in [-0.1, -0.05) is 36.4 Å². The van der Waals surface area contributed by atoms with Crippen LogP contribution in [-0.4, -0.2) is 38.2 Å². The molecule has 4 rings (SSSR count). The zero-order valence-corrected chi connectivity index (χ0v) is 18.2. The van der Waals surface area contributed by atoms with Crippen LogP contribution >= 0.6 is 0 Å². The van der Waals surface area contributed by atoms with Crippen LogP contribution in [0.5, 0.6) is 0 Å². The molecule has 1 atom stereocenters. The lowest BCUT2D eigenvalue weighted by atomic mass is 10.00. The van der Waals surface area contributed by atoms with Gasteiger partial charge < -0.3 is 10.2 Å². The number of rotatable bonds is 6. The molecular weight excluding hydrogens is 402 g/mol. The molecule has 2 amide bonds. The maximum atomic E-state index is 13.0. The van der Waals surface area contributed by atoms with Gasteiger partial charge >= 0.3 is 0 Å². The number of aryl methyl sites for hydroxylation is 1. The number of likely N-dealkylation sites (tertiary alicyclic amines) is 1. The van der Waals surface area contributed by atoms with Crippen molar-refractivity contribution in [1.29, 1.82) is 0 Å². The third-order valence-corrected chi connectivity index (χ3v) is 5.72. The van der Waals surface area contributed by atoms with Gasteiger partial charge in [0.25, 0.3) is 5.91 Å². The predicted molar refractivity (Wildman–Crippen MR) is 121 cm³/mol. The molecule has 164 valence electrons. The second kappa shape index (κ2) is 10.1. The van der Waals surface area contributed by atoms with Crippen LogP contribution in [0.3, 0.4) is 0 Å². The molecular formula is C25H27N5O2. The normalized spacial score (nSPS) is 15.9. The fourth-order valence-corrected chi connectivity index (χ4v) is 4.00. The molecule has 0 aliphatic carbocycles. The first-order valence-electron chi connectivity index (χ1n) is 11.0. The topological polar surface area (TPSA) is 88.1 Å². The number of nitrogens with one attached hydrogen (secondary N) is 1. The van der Waals surface area contributed by atoms with E-state index in [1.807, 2.05) is 60.4 Å². The second-order valence-electron chi connectivity index (χ2n) is 7.99. The molecule has 0 saturated carbocycles. The van der Waals surface area contributed by atoms with E-state index in [0.29, 0.717) is 30.2 Å². The number of aromatic nitrogens is 3. The van der Waals surface area contributed by atoms with E-state index in [1.165, 1.54) is 0 Å². The highest BCUT2D eigenvalue weighted by atomic mass is 16.2. The van der Waals surface area contributed by atoms with Crippen molar-refractivity contribution >= 4 is 11.8 Å². The minimum atomic E-state index is -0.204. The predicted octanol–water partition coefficient (Wildman–Crippen LogP) is 3.41. The molecule has 0 unspecified atom stereocenters. The molecule has 3 aromatic rings. The number of pyridine rings is 1. The molecule has 7 nitrogen and oxygen atoms in total. The quantitative estimate of drug-likeness (QED) is 0.649. The van der Waals surface area contributed by atoms with Crippen LogP contribution in [0, 0.1) is 6.92 Å². The minimum absolute atomic E-state index is 0.0272. The Morgan fingerprint density at radius 1 is 1.06 bits per heavy atom. The molecule has 2 aromatic heterocycles. The van der Waals surface area contributed by atoms with E-state index in [9.17, 15) is 9.59 Å². The zero-order chi connectivity index (χ0) is 22.3. The van der Waals surface area contributed by atoms with Gasteiger partial charge in [-0.05, 0) is 43.9 Å².